The van der Waals surface area contributed by atoms with Crippen molar-refractivity contribution in [2.45, 2.75) is 36.0 Å². The number of unbranched alkanes of at least 4 members (excludes halogenated alkanes) is 2. The molecule has 1 aromatic carbocycles. The van der Waals surface area contributed by atoms with E-state index < -0.39 is 25.1 Å². The molecule has 5 nitrogen and oxygen atoms in total. The minimum absolute atomic E-state index is 0.0867. The third-order valence-corrected chi connectivity index (χ3v) is 4.80. The summed E-state index contributed by atoms with van der Waals surface area (Å²) in [5.41, 5.74) is 0. The van der Waals surface area contributed by atoms with Crippen LogP contribution in [0.1, 0.15) is 26.2 Å². The van der Waals surface area contributed by atoms with Crippen molar-refractivity contribution < 1.29 is 20.7 Å². The molecular weight excluding hydrogens is 293 g/mol. The monoisotopic (exact) mass is 309 g/mol. The molecule has 0 radical (unpaired) electrons. The molecule has 1 aromatic rings. The zero-order valence-electron chi connectivity index (χ0n) is 10.5. The molecule has 0 aliphatic heterocycles. The van der Waals surface area contributed by atoms with Crippen molar-refractivity contribution in [1.82, 2.24) is 4.72 Å². The molecule has 0 heterocycles. The van der Waals surface area contributed by atoms with Gasteiger partial charge in [-0.25, -0.2) is 13.1 Å². The number of nitrogens with one attached hydrogen (secondary N) is 1. The van der Waals surface area contributed by atoms with Gasteiger partial charge >= 0.3 is 10.2 Å². The minimum atomic E-state index is -4.80. The summed E-state index contributed by atoms with van der Waals surface area (Å²) in [5.74, 6) is 0. The van der Waals surface area contributed by atoms with E-state index in [0.717, 1.165) is 43.5 Å². The van der Waals surface area contributed by atoms with E-state index in [1.54, 1.807) is 0 Å². The highest BCUT2D eigenvalue weighted by Gasteiger charge is 2.16. The molecule has 0 saturated carbocycles. The van der Waals surface area contributed by atoms with Crippen molar-refractivity contribution in [2.24, 2.45) is 0 Å². The van der Waals surface area contributed by atoms with Gasteiger partial charge in [0.2, 0.25) is 10.0 Å². The van der Waals surface area contributed by atoms with Crippen molar-refractivity contribution in [3.63, 3.8) is 0 Å². The maximum absolute atomic E-state index is 12.6. The third kappa shape index (κ3) is 4.88. The first-order valence-electron chi connectivity index (χ1n) is 5.82. The Morgan fingerprint density at radius 1 is 1.00 bits per heavy atom. The summed E-state index contributed by atoms with van der Waals surface area (Å²) in [6.07, 6.45) is 2.62. The Kier molecular flexibility index (Phi) is 5.45. The van der Waals surface area contributed by atoms with E-state index in [2.05, 4.69) is 4.72 Å². The van der Waals surface area contributed by atoms with Gasteiger partial charge < -0.3 is 0 Å². The van der Waals surface area contributed by atoms with Crippen LogP contribution in [0.25, 0.3) is 0 Å². The lowest BCUT2D eigenvalue weighted by Crippen LogP contribution is -2.24. The van der Waals surface area contributed by atoms with E-state index in [1.807, 2.05) is 6.92 Å². The summed E-state index contributed by atoms with van der Waals surface area (Å²) in [7, 11) is -8.47. The van der Waals surface area contributed by atoms with Crippen LogP contribution >= 0.6 is 0 Å². The molecular formula is C11H16FNO4S2. The van der Waals surface area contributed by atoms with Crippen LogP contribution in [0.15, 0.2) is 34.1 Å². The van der Waals surface area contributed by atoms with Crippen LogP contribution in [-0.4, -0.2) is 23.4 Å². The molecule has 19 heavy (non-hydrogen) atoms. The maximum atomic E-state index is 12.6. The zero-order valence-corrected chi connectivity index (χ0v) is 12.1. The summed E-state index contributed by atoms with van der Waals surface area (Å²) in [6.45, 7) is 2.32. The van der Waals surface area contributed by atoms with Crippen molar-refractivity contribution >= 4 is 20.2 Å². The molecule has 0 amide bonds. The highest BCUT2D eigenvalue weighted by atomic mass is 32.3. The Morgan fingerprint density at radius 2 is 1.53 bits per heavy atom. The molecule has 0 aromatic heterocycles. The lowest BCUT2D eigenvalue weighted by atomic mass is 10.3. The van der Waals surface area contributed by atoms with Gasteiger partial charge in [0.25, 0.3) is 0 Å². The van der Waals surface area contributed by atoms with Gasteiger partial charge in [-0.1, -0.05) is 19.8 Å². The zero-order chi connectivity index (χ0) is 14.5. The van der Waals surface area contributed by atoms with Crippen LogP contribution in [0.2, 0.25) is 0 Å². The van der Waals surface area contributed by atoms with Crippen LogP contribution < -0.4 is 4.72 Å². The Hall–Kier alpha value is -0.990. The van der Waals surface area contributed by atoms with Crippen molar-refractivity contribution in [1.29, 1.82) is 0 Å². The fourth-order valence-corrected chi connectivity index (χ4v) is 2.98. The van der Waals surface area contributed by atoms with Crippen LogP contribution in [0, 0.1) is 0 Å². The van der Waals surface area contributed by atoms with E-state index in [0.29, 0.717) is 6.54 Å². The Morgan fingerprint density at radius 3 is 2.00 bits per heavy atom. The van der Waals surface area contributed by atoms with Gasteiger partial charge in [-0.05, 0) is 30.7 Å². The van der Waals surface area contributed by atoms with Crippen LogP contribution in [0.4, 0.5) is 3.89 Å². The first kappa shape index (κ1) is 16.1. The average Bonchev–Trinajstić information content (AvgIpc) is 2.34. The quantitative estimate of drug-likeness (QED) is 0.615. The summed E-state index contributed by atoms with van der Waals surface area (Å²) in [5, 5.41) is 0. The molecule has 1 N–H and O–H groups in total. The van der Waals surface area contributed by atoms with Gasteiger partial charge in [0.1, 0.15) is 0 Å². The van der Waals surface area contributed by atoms with E-state index in [-0.39, 0.29) is 4.90 Å². The molecule has 108 valence electrons. The van der Waals surface area contributed by atoms with Gasteiger partial charge in [-0.3, -0.25) is 0 Å². The largest absolute Gasteiger partial charge is 0.332 e. The van der Waals surface area contributed by atoms with E-state index in [4.69, 9.17) is 0 Å². The Balaban J connectivity index is 2.80. The van der Waals surface area contributed by atoms with Gasteiger partial charge in [0.15, 0.2) is 0 Å². The molecule has 0 aliphatic carbocycles. The number of sulfonamides is 1. The maximum Gasteiger partial charge on any atom is 0.332 e. The van der Waals surface area contributed by atoms with Gasteiger partial charge in [-0.2, -0.15) is 8.42 Å². The SMILES string of the molecule is CCCCCNS(=O)(=O)c1ccc(S(=O)(=O)F)cc1. The van der Waals surface area contributed by atoms with Gasteiger partial charge in [0, 0.05) is 6.54 Å². The number of rotatable bonds is 7. The molecule has 1 rings (SSSR count). The normalized spacial score (nSPS) is 12.5. The van der Waals surface area contributed by atoms with Crippen LogP contribution in [0.3, 0.4) is 0 Å². The fourth-order valence-electron chi connectivity index (χ4n) is 1.45. The Bertz CT molecular complexity index is 609. The number of hydrogen-bond acceptors (Lipinski definition) is 4. The molecule has 0 atom stereocenters. The first-order valence-corrected chi connectivity index (χ1v) is 8.68. The Labute approximate surface area is 113 Å². The summed E-state index contributed by atoms with van der Waals surface area (Å²) in [4.78, 5) is -0.645. The fraction of sp³-hybridized carbons (Fsp3) is 0.455. The van der Waals surface area contributed by atoms with E-state index >= 15 is 0 Å². The lowest BCUT2D eigenvalue weighted by molar-refractivity contribution is 0.551. The highest BCUT2D eigenvalue weighted by Crippen LogP contribution is 2.16. The highest BCUT2D eigenvalue weighted by molar-refractivity contribution is 7.89. The third-order valence-electron chi connectivity index (χ3n) is 2.49. The second-order valence-electron chi connectivity index (χ2n) is 4.01. The van der Waals surface area contributed by atoms with Crippen molar-refractivity contribution in [3.05, 3.63) is 24.3 Å². The second kappa shape index (κ2) is 6.44. The van der Waals surface area contributed by atoms with Gasteiger partial charge in [-0.15, -0.1) is 3.89 Å². The molecule has 0 saturated heterocycles. The van der Waals surface area contributed by atoms with E-state index in [9.17, 15) is 20.7 Å². The number of hydrogen-bond donors (Lipinski definition) is 1. The topological polar surface area (TPSA) is 80.3 Å². The number of benzene rings is 1. The molecule has 0 spiro atoms. The number of halogens is 1. The molecule has 0 aliphatic rings. The van der Waals surface area contributed by atoms with Crippen molar-refractivity contribution in [2.75, 3.05) is 6.54 Å². The smallest absolute Gasteiger partial charge is 0.211 e. The predicted octanol–water partition coefficient (Wildman–Crippen LogP) is 1.81. The molecule has 0 bridgehead atoms. The minimum Gasteiger partial charge on any atom is -0.211 e. The molecule has 8 heteroatoms. The standard InChI is InChI=1S/C11H16FNO4S2/c1-2-3-4-9-13-19(16,17)11-7-5-10(6-8-11)18(12,14)15/h5-8,13H,2-4,9H2,1H3. The first-order chi connectivity index (χ1) is 8.77. The average molecular weight is 309 g/mol. The summed E-state index contributed by atoms with van der Waals surface area (Å²) < 4.78 is 59.9. The lowest BCUT2D eigenvalue weighted by Gasteiger charge is -2.06. The second-order valence-corrected chi connectivity index (χ2v) is 7.13. The van der Waals surface area contributed by atoms with E-state index in [1.165, 1.54) is 0 Å². The summed E-state index contributed by atoms with van der Waals surface area (Å²) >= 11 is 0. The van der Waals surface area contributed by atoms with Gasteiger partial charge in [0.05, 0.1) is 9.79 Å². The summed E-state index contributed by atoms with van der Waals surface area (Å²) in [6, 6.07) is 3.98. The molecule has 0 unspecified atom stereocenters. The van der Waals surface area contributed by atoms with Crippen LogP contribution in [-0.2, 0) is 20.2 Å². The van der Waals surface area contributed by atoms with Crippen molar-refractivity contribution in [3.8, 4) is 0 Å². The predicted molar refractivity (Wildman–Crippen MR) is 69.4 cm³/mol. The molecule has 0 fully saturated rings. The van der Waals surface area contributed by atoms with Crippen LogP contribution in [0.5, 0.6) is 0 Å².